The number of aryl methyl sites for hydroxylation is 2. The second-order valence-electron chi connectivity index (χ2n) is 5.21. The van der Waals surface area contributed by atoms with Crippen LogP contribution >= 0.6 is 15.9 Å². The molecule has 0 fully saturated rings. The number of nitrogens with two attached hydrogens (primary N) is 1. The predicted octanol–water partition coefficient (Wildman–Crippen LogP) is 4.71. The second-order valence-corrected chi connectivity index (χ2v) is 6.07. The maximum absolute atomic E-state index is 6.09. The van der Waals surface area contributed by atoms with E-state index in [0.29, 0.717) is 5.82 Å². The van der Waals surface area contributed by atoms with E-state index in [4.69, 9.17) is 5.73 Å². The summed E-state index contributed by atoms with van der Waals surface area (Å²) in [6, 6.07) is 14.5. The van der Waals surface area contributed by atoms with Crippen molar-refractivity contribution in [2.75, 3.05) is 5.73 Å². The molecule has 0 radical (unpaired) electrons. The van der Waals surface area contributed by atoms with Gasteiger partial charge in [-0.25, -0.2) is 0 Å². The highest BCUT2D eigenvalue weighted by atomic mass is 79.9. The standard InChI is InChI=1S/C17H16BrN3/c1-10-4-3-5-12(8-10)15-16(20-21-17(15)19)13-9-11(2)6-7-14(13)18/h3-9H,1-2H3,(H3,19,20,21). The Morgan fingerprint density at radius 2 is 1.81 bits per heavy atom. The molecule has 0 unspecified atom stereocenters. The number of aromatic nitrogens is 2. The van der Waals surface area contributed by atoms with Crippen LogP contribution in [0.5, 0.6) is 0 Å². The molecule has 3 aromatic rings. The number of aromatic amines is 1. The summed E-state index contributed by atoms with van der Waals surface area (Å²) in [7, 11) is 0. The van der Waals surface area contributed by atoms with E-state index in [1.807, 2.05) is 12.1 Å². The summed E-state index contributed by atoms with van der Waals surface area (Å²) in [6.07, 6.45) is 0. The van der Waals surface area contributed by atoms with Gasteiger partial charge < -0.3 is 5.73 Å². The van der Waals surface area contributed by atoms with Crippen molar-refractivity contribution < 1.29 is 0 Å². The highest BCUT2D eigenvalue weighted by molar-refractivity contribution is 9.10. The normalized spacial score (nSPS) is 10.8. The van der Waals surface area contributed by atoms with Crippen LogP contribution in [0.25, 0.3) is 22.4 Å². The number of rotatable bonds is 2. The third-order valence-corrected chi connectivity index (χ3v) is 4.18. The number of nitrogen functional groups attached to an aromatic ring is 1. The molecule has 0 saturated heterocycles. The summed E-state index contributed by atoms with van der Waals surface area (Å²) < 4.78 is 1.02. The lowest BCUT2D eigenvalue weighted by Crippen LogP contribution is -1.90. The van der Waals surface area contributed by atoms with Crippen molar-refractivity contribution in [2.45, 2.75) is 13.8 Å². The summed E-state index contributed by atoms with van der Waals surface area (Å²) in [5.74, 6) is 0.518. The lowest BCUT2D eigenvalue weighted by atomic mass is 9.98. The summed E-state index contributed by atoms with van der Waals surface area (Å²) in [6.45, 7) is 4.14. The minimum Gasteiger partial charge on any atom is -0.382 e. The molecule has 0 amide bonds. The molecule has 106 valence electrons. The van der Waals surface area contributed by atoms with E-state index >= 15 is 0 Å². The molecule has 3 rings (SSSR count). The maximum atomic E-state index is 6.09. The minimum absolute atomic E-state index is 0.518. The first kappa shape index (κ1) is 13.9. The van der Waals surface area contributed by atoms with Crippen molar-refractivity contribution in [3.63, 3.8) is 0 Å². The Labute approximate surface area is 132 Å². The zero-order valence-electron chi connectivity index (χ0n) is 11.9. The van der Waals surface area contributed by atoms with E-state index in [0.717, 1.165) is 26.9 Å². The number of nitrogens with zero attached hydrogens (tertiary/aromatic N) is 1. The van der Waals surface area contributed by atoms with E-state index < -0.39 is 0 Å². The molecule has 0 spiro atoms. The molecule has 0 aliphatic heterocycles. The van der Waals surface area contributed by atoms with Gasteiger partial charge in [-0.2, -0.15) is 5.10 Å². The molecule has 1 aromatic heterocycles. The Kier molecular flexibility index (Phi) is 3.55. The Bertz CT molecular complexity index is 806. The number of halogens is 1. The monoisotopic (exact) mass is 341 g/mol. The van der Waals surface area contributed by atoms with Crippen LogP contribution in [0, 0.1) is 13.8 Å². The Morgan fingerprint density at radius 3 is 2.57 bits per heavy atom. The van der Waals surface area contributed by atoms with Crippen molar-refractivity contribution in [1.29, 1.82) is 0 Å². The van der Waals surface area contributed by atoms with Crippen LogP contribution in [0.15, 0.2) is 46.9 Å². The van der Waals surface area contributed by atoms with Crippen molar-refractivity contribution >= 4 is 21.7 Å². The summed E-state index contributed by atoms with van der Waals surface area (Å²) in [5.41, 5.74) is 12.5. The zero-order chi connectivity index (χ0) is 15.0. The molecule has 0 saturated carbocycles. The highest BCUT2D eigenvalue weighted by Crippen LogP contribution is 2.38. The first-order valence-corrected chi connectivity index (χ1v) is 7.53. The Hall–Kier alpha value is -2.07. The molecule has 0 aliphatic rings. The number of nitrogens with one attached hydrogen (secondary N) is 1. The van der Waals surface area contributed by atoms with Crippen molar-refractivity contribution in [1.82, 2.24) is 10.2 Å². The van der Waals surface area contributed by atoms with E-state index in [-0.39, 0.29) is 0 Å². The van der Waals surface area contributed by atoms with Crippen molar-refractivity contribution in [3.05, 3.63) is 58.1 Å². The van der Waals surface area contributed by atoms with Crippen LogP contribution < -0.4 is 5.73 Å². The van der Waals surface area contributed by atoms with E-state index in [9.17, 15) is 0 Å². The van der Waals surface area contributed by atoms with Gasteiger partial charge in [0.05, 0.1) is 11.3 Å². The number of H-pyrrole nitrogens is 1. The number of hydrogen-bond acceptors (Lipinski definition) is 2. The largest absolute Gasteiger partial charge is 0.382 e. The minimum atomic E-state index is 0.518. The van der Waals surface area contributed by atoms with Gasteiger partial charge in [0.1, 0.15) is 0 Å². The van der Waals surface area contributed by atoms with Crippen LogP contribution in [0.3, 0.4) is 0 Å². The number of hydrogen-bond donors (Lipinski definition) is 2. The smallest absolute Gasteiger partial charge is 0.153 e. The van der Waals surface area contributed by atoms with Crippen LogP contribution in [0.4, 0.5) is 5.82 Å². The average molecular weight is 342 g/mol. The molecule has 1 heterocycles. The molecule has 2 aromatic carbocycles. The lowest BCUT2D eigenvalue weighted by Gasteiger charge is -2.08. The second kappa shape index (κ2) is 5.37. The summed E-state index contributed by atoms with van der Waals surface area (Å²) >= 11 is 3.61. The van der Waals surface area contributed by atoms with E-state index in [1.54, 1.807) is 0 Å². The van der Waals surface area contributed by atoms with Gasteiger partial charge in [0.15, 0.2) is 5.82 Å². The molecular formula is C17H16BrN3. The SMILES string of the molecule is Cc1cccc(-c2c(N)n[nH]c2-c2cc(C)ccc2Br)c1. The van der Waals surface area contributed by atoms with Gasteiger partial charge in [-0.05, 0) is 31.5 Å². The van der Waals surface area contributed by atoms with Crippen LogP contribution in [0.1, 0.15) is 11.1 Å². The Balaban J connectivity index is 2.24. The van der Waals surface area contributed by atoms with E-state index in [2.05, 4.69) is 70.3 Å². The molecule has 21 heavy (non-hydrogen) atoms. The average Bonchev–Trinajstić information content (AvgIpc) is 2.83. The third-order valence-electron chi connectivity index (χ3n) is 3.49. The fourth-order valence-electron chi connectivity index (χ4n) is 2.47. The van der Waals surface area contributed by atoms with Gasteiger partial charge >= 0.3 is 0 Å². The Morgan fingerprint density at radius 1 is 1.05 bits per heavy atom. The molecule has 3 N–H and O–H groups in total. The fourth-order valence-corrected chi connectivity index (χ4v) is 2.92. The molecule has 4 heteroatoms. The summed E-state index contributed by atoms with van der Waals surface area (Å²) in [5, 5.41) is 7.27. The maximum Gasteiger partial charge on any atom is 0.153 e. The first-order chi connectivity index (χ1) is 10.1. The molecular weight excluding hydrogens is 326 g/mol. The summed E-state index contributed by atoms with van der Waals surface area (Å²) in [4.78, 5) is 0. The molecule has 0 atom stereocenters. The van der Waals surface area contributed by atoms with Gasteiger partial charge in [0, 0.05) is 10.0 Å². The van der Waals surface area contributed by atoms with Gasteiger partial charge in [-0.1, -0.05) is 57.4 Å². The fraction of sp³-hybridized carbons (Fsp3) is 0.118. The predicted molar refractivity (Wildman–Crippen MR) is 91.0 cm³/mol. The third kappa shape index (κ3) is 2.59. The van der Waals surface area contributed by atoms with E-state index in [1.165, 1.54) is 11.1 Å². The first-order valence-electron chi connectivity index (χ1n) is 6.73. The molecule has 3 nitrogen and oxygen atoms in total. The molecule has 0 bridgehead atoms. The quantitative estimate of drug-likeness (QED) is 0.709. The lowest BCUT2D eigenvalue weighted by molar-refractivity contribution is 1.10. The number of benzene rings is 2. The molecule has 0 aliphatic carbocycles. The zero-order valence-corrected chi connectivity index (χ0v) is 13.5. The number of anilines is 1. The van der Waals surface area contributed by atoms with Crippen LogP contribution in [-0.2, 0) is 0 Å². The van der Waals surface area contributed by atoms with Gasteiger partial charge in [-0.15, -0.1) is 0 Å². The topological polar surface area (TPSA) is 54.7 Å². The van der Waals surface area contributed by atoms with Crippen molar-refractivity contribution in [2.24, 2.45) is 0 Å². The van der Waals surface area contributed by atoms with Gasteiger partial charge in [0.2, 0.25) is 0 Å². The van der Waals surface area contributed by atoms with Gasteiger partial charge in [-0.3, -0.25) is 5.10 Å². The van der Waals surface area contributed by atoms with Crippen LogP contribution in [0.2, 0.25) is 0 Å². The van der Waals surface area contributed by atoms with Gasteiger partial charge in [0.25, 0.3) is 0 Å². The van der Waals surface area contributed by atoms with Crippen LogP contribution in [-0.4, -0.2) is 10.2 Å². The highest BCUT2D eigenvalue weighted by Gasteiger charge is 2.16. The van der Waals surface area contributed by atoms with Crippen molar-refractivity contribution in [3.8, 4) is 22.4 Å².